The van der Waals surface area contributed by atoms with Crippen molar-refractivity contribution in [2.45, 2.75) is 29.7 Å². The van der Waals surface area contributed by atoms with E-state index in [0.29, 0.717) is 17.1 Å². The molecule has 2 unspecified atom stereocenters. The molecule has 0 aliphatic heterocycles. The fourth-order valence-electron chi connectivity index (χ4n) is 2.87. The molecule has 0 aliphatic carbocycles. The summed E-state index contributed by atoms with van der Waals surface area (Å²) < 4.78 is 41.2. The third-order valence-electron chi connectivity index (χ3n) is 4.19. The SMILES string of the molecule is CSCCCCC(c1cc(F)ccc1F)S(=O)c1nc2ccccc2[nH]1. The van der Waals surface area contributed by atoms with Crippen LogP contribution in [0.3, 0.4) is 0 Å². The molecule has 26 heavy (non-hydrogen) atoms. The Morgan fingerprint density at radius 3 is 2.77 bits per heavy atom. The highest BCUT2D eigenvalue weighted by Gasteiger charge is 2.26. The van der Waals surface area contributed by atoms with Crippen LogP contribution in [0.15, 0.2) is 47.6 Å². The zero-order chi connectivity index (χ0) is 18.5. The molecule has 0 saturated carbocycles. The van der Waals surface area contributed by atoms with E-state index < -0.39 is 27.7 Å². The molecular weight excluding hydrogens is 374 g/mol. The molecule has 7 heteroatoms. The maximum absolute atomic E-state index is 14.3. The summed E-state index contributed by atoms with van der Waals surface area (Å²) in [4.78, 5) is 7.43. The number of para-hydroxylation sites is 2. The van der Waals surface area contributed by atoms with Gasteiger partial charge in [0.15, 0.2) is 5.16 Å². The van der Waals surface area contributed by atoms with Crippen LogP contribution in [0.4, 0.5) is 8.78 Å². The Bertz CT molecular complexity index is 880. The van der Waals surface area contributed by atoms with Gasteiger partial charge in [0.2, 0.25) is 0 Å². The lowest BCUT2D eigenvalue weighted by Gasteiger charge is -2.16. The number of imidazole rings is 1. The summed E-state index contributed by atoms with van der Waals surface area (Å²) in [6, 6.07) is 10.7. The minimum absolute atomic E-state index is 0.146. The van der Waals surface area contributed by atoms with Crippen LogP contribution < -0.4 is 0 Å². The number of thioether (sulfide) groups is 1. The number of hydrogen-bond donors (Lipinski definition) is 1. The van der Waals surface area contributed by atoms with E-state index in [-0.39, 0.29) is 5.56 Å². The number of unbranched alkanes of at least 4 members (excludes halogenated alkanes) is 1. The molecular formula is C19H20F2N2OS2. The Kier molecular flexibility index (Phi) is 6.43. The number of aromatic nitrogens is 2. The summed E-state index contributed by atoms with van der Waals surface area (Å²) in [6.45, 7) is 0. The first-order valence-corrected chi connectivity index (χ1v) is 11.0. The van der Waals surface area contributed by atoms with Crippen LogP contribution in [-0.4, -0.2) is 26.2 Å². The smallest absolute Gasteiger partial charge is 0.198 e. The number of benzene rings is 2. The van der Waals surface area contributed by atoms with E-state index in [4.69, 9.17) is 0 Å². The Morgan fingerprint density at radius 2 is 2.00 bits per heavy atom. The molecule has 3 aromatic rings. The topological polar surface area (TPSA) is 45.8 Å². The molecule has 0 radical (unpaired) electrons. The number of rotatable bonds is 8. The van der Waals surface area contributed by atoms with Gasteiger partial charge < -0.3 is 4.98 Å². The number of halogens is 2. The van der Waals surface area contributed by atoms with Crippen LogP contribution in [0.5, 0.6) is 0 Å². The van der Waals surface area contributed by atoms with Crippen molar-refractivity contribution in [2.75, 3.05) is 12.0 Å². The summed E-state index contributed by atoms with van der Waals surface area (Å²) in [5.74, 6) is -0.0850. The van der Waals surface area contributed by atoms with Gasteiger partial charge >= 0.3 is 0 Å². The van der Waals surface area contributed by atoms with Gasteiger partial charge in [-0.1, -0.05) is 18.6 Å². The van der Waals surface area contributed by atoms with Crippen LogP contribution in [0.2, 0.25) is 0 Å². The van der Waals surface area contributed by atoms with Gasteiger partial charge in [-0.05, 0) is 55.2 Å². The van der Waals surface area contributed by atoms with Crippen LogP contribution in [0.1, 0.15) is 30.1 Å². The number of aromatic amines is 1. The predicted octanol–water partition coefficient (Wildman–Crippen LogP) is 5.22. The first kappa shape index (κ1) is 19.0. The van der Waals surface area contributed by atoms with Crippen molar-refractivity contribution in [1.29, 1.82) is 0 Å². The van der Waals surface area contributed by atoms with Gasteiger partial charge in [-0.25, -0.2) is 13.8 Å². The molecule has 1 heterocycles. The molecule has 0 bridgehead atoms. The summed E-state index contributed by atoms with van der Waals surface area (Å²) in [5.41, 5.74) is 1.63. The highest BCUT2D eigenvalue weighted by Crippen LogP contribution is 2.32. The van der Waals surface area contributed by atoms with E-state index in [1.165, 1.54) is 0 Å². The number of hydrogen-bond acceptors (Lipinski definition) is 3. The van der Waals surface area contributed by atoms with Crippen LogP contribution in [0.25, 0.3) is 11.0 Å². The van der Waals surface area contributed by atoms with Crippen molar-refractivity contribution < 1.29 is 13.0 Å². The van der Waals surface area contributed by atoms with E-state index in [1.54, 1.807) is 11.8 Å². The Morgan fingerprint density at radius 1 is 1.19 bits per heavy atom. The van der Waals surface area contributed by atoms with E-state index in [1.807, 2.05) is 30.5 Å². The van der Waals surface area contributed by atoms with Crippen LogP contribution in [0, 0.1) is 11.6 Å². The maximum atomic E-state index is 14.3. The van der Waals surface area contributed by atoms with Gasteiger partial charge in [0.1, 0.15) is 11.6 Å². The molecule has 0 saturated heterocycles. The molecule has 0 spiro atoms. The fraction of sp³-hybridized carbons (Fsp3) is 0.316. The molecule has 3 nitrogen and oxygen atoms in total. The minimum Gasteiger partial charge on any atom is -0.331 e. The van der Waals surface area contributed by atoms with Crippen molar-refractivity contribution in [3.8, 4) is 0 Å². The monoisotopic (exact) mass is 394 g/mol. The van der Waals surface area contributed by atoms with Crippen molar-refractivity contribution in [3.63, 3.8) is 0 Å². The number of H-pyrrole nitrogens is 1. The average molecular weight is 395 g/mol. The molecule has 2 aromatic carbocycles. The zero-order valence-corrected chi connectivity index (χ0v) is 16.0. The Hall–Kier alpha value is -1.73. The third-order valence-corrected chi connectivity index (χ3v) is 6.46. The number of nitrogens with zero attached hydrogens (tertiary/aromatic N) is 1. The normalized spacial score (nSPS) is 13.8. The molecule has 2 atom stereocenters. The lowest BCUT2D eigenvalue weighted by atomic mass is 10.1. The second-order valence-corrected chi connectivity index (χ2v) is 8.54. The second-order valence-electron chi connectivity index (χ2n) is 6.00. The third kappa shape index (κ3) is 4.32. The largest absolute Gasteiger partial charge is 0.331 e. The van der Waals surface area contributed by atoms with E-state index in [9.17, 15) is 13.0 Å². The second kappa shape index (κ2) is 8.77. The van der Waals surface area contributed by atoms with Gasteiger partial charge in [0.25, 0.3) is 0 Å². The van der Waals surface area contributed by atoms with Gasteiger partial charge in [-0.15, -0.1) is 0 Å². The summed E-state index contributed by atoms with van der Waals surface area (Å²) in [7, 11) is -1.61. The number of fused-ring (bicyclic) bond motifs is 1. The van der Waals surface area contributed by atoms with Gasteiger partial charge in [0.05, 0.1) is 27.1 Å². The lowest BCUT2D eigenvalue weighted by molar-refractivity contribution is 0.568. The number of nitrogens with one attached hydrogen (secondary N) is 1. The molecule has 1 N–H and O–H groups in total. The first-order valence-electron chi connectivity index (χ1n) is 8.39. The average Bonchev–Trinajstić information content (AvgIpc) is 3.08. The predicted molar refractivity (Wildman–Crippen MR) is 104 cm³/mol. The van der Waals surface area contributed by atoms with Crippen molar-refractivity contribution in [1.82, 2.24) is 9.97 Å². The highest BCUT2D eigenvalue weighted by atomic mass is 32.2. The molecule has 0 fully saturated rings. The molecule has 0 aliphatic rings. The van der Waals surface area contributed by atoms with E-state index in [2.05, 4.69) is 9.97 Å². The van der Waals surface area contributed by atoms with Gasteiger partial charge in [-0.3, -0.25) is 4.21 Å². The van der Waals surface area contributed by atoms with Gasteiger partial charge in [0, 0.05) is 5.56 Å². The standard InChI is InChI=1S/C19H20F2N2OS2/c1-25-11-5-4-8-18(14-12-13(20)9-10-15(14)21)26(24)19-22-16-6-2-3-7-17(16)23-19/h2-3,6-7,9-10,12,18H,4-5,8,11H2,1H3,(H,22,23). The fourth-order valence-corrected chi connectivity index (χ4v) is 4.83. The molecule has 3 rings (SSSR count). The van der Waals surface area contributed by atoms with E-state index >= 15 is 0 Å². The quantitative estimate of drug-likeness (QED) is 0.533. The zero-order valence-electron chi connectivity index (χ0n) is 14.4. The molecule has 0 amide bonds. The Balaban J connectivity index is 1.93. The van der Waals surface area contributed by atoms with Crippen LogP contribution in [-0.2, 0) is 10.8 Å². The Labute approximate surface area is 158 Å². The summed E-state index contributed by atoms with van der Waals surface area (Å²) in [5, 5.41) is -0.349. The highest BCUT2D eigenvalue weighted by molar-refractivity contribution is 7.98. The maximum Gasteiger partial charge on any atom is 0.198 e. The summed E-state index contributed by atoms with van der Waals surface area (Å²) >= 11 is 1.73. The van der Waals surface area contributed by atoms with Crippen LogP contribution >= 0.6 is 11.8 Å². The minimum atomic E-state index is -1.61. The molecule has 1 aromatic heterocycles. The summed E-state index contributed by atoms with van der Waals surface area (Å²) in [6.07, 6.45) is 4.25. The van der Waals surface area contributed by atoms with Crippen molar-refractivity contribution in [3.05, 3.63) is 59.7 Å². The molecule has 138 valence electrons. The lowest BCUT2D eigenvalue weighted by Crippen LogP contribution is -2.11. The van der Waals surface area contributed by atoms with E-state index in [0.717, 1.165) is 42.3 Å². The first-order chi connectivity index (χ1) is 12.6. The van der Waals surface area contributed by atoms with Crippen molar-refractivity contribution in [2.24, 2.45) is 0 Å². The van der Waals surface area contributed by atoms with Gasteiger partial charge in [-0.2, -0.15) is 11.8 Å². The van der Waals surface area contributed by atoms with Crippen molar-refractivity contribution >= 4 is 33.6 Å².